The summed E-state index contributed by atoms with van der Waals surface area (Å²) in [7, 11) is 1.60. The van der Waals surface area contributed by atoms with Gasteiger partial charge in [-0.05, 0) is 43.0 Å². The maximum atomic E-state index is 12.0. The van der Waals surface area contributed by atoms with Gasteiger partial charge in [0.1, 0.15) is 5.75 Å². The molecule has 1 aliphatic heterocycles. The second-order valence-electron chi connectivity index (χ2n) is 5.89. The van der Waals surface area contributed by atoms with Crippen LogP contribution in [0.15, 0.2) is 29.3 Å². The average molecular weight is 318 g/mol. The van der Waals surface area contributed by atoms with Crippen molar-refractivity contribution in [3.63, 3.8) is 0 Å². The molecule has 1 heterocycles. The molecule has 0 spiro atoms. The Bertz CT molecular complexity index is 534. The van der Waals surface area contributed by atoms with Gasteiger partial charge in [0, 0.05) is 25.2 Å². The maximum Gasteiger partial charge on any atom is 0.251 e. The van der Waals surface area contributed by atoms with E-state index in [-0.39, 0.29) is 5.91 Å². The monoisotopic (exact) mass is 318 g/mol. The number of carbonyl (C=O) groups is 1. The van der Waals surface area contributed by atoms with Gasteiger partial charge in [-0.1, -0.05) is 6.92 Å². The molecule has 0 unspecified atom stereocenters. The molecule has 1 fully saturated rings. The molecule has 6 heteroatoms. The van der Waals surface area contributed by atoms with Gasteiger partial charge in [-0.3, -0.25) is 9.79 Å². The first kappa shape index (κ1) is 17.1. The lowest BCUT2D eigenvalue weighted by Gasteiger charge is -2.31. The zero-order valence-electron chi connectivity index (χ0n) is 13.9. The average Bonchev–Trinajstić information content (AvgIpc) is 2.59. The minimum absolute atomic E-state index is 0.117. The van der Waals surface area contributed by atoms with E-state index in [4.69, 9.17) is 10.5 Å². The van der Waals surface area contributed by atoms with Gasteiger partial charge < -0.3 is 20.7 Å². The fourth-order valence-electron chi connectivity index (χ4n) is 2.52. The quantitative estimate of drug-likeness (QED) is 0.489. The van der Waals surface area contributed by atoms with Crippen LogP contribution in [0.25, 0.3) is 0 Å². The van der Waals surface area contributed by atoms with Gasteiger partial charge in [-0.2, -0.15) is 0 Å². The summed E-state index contributed by atoms with van der Waals surface area (Å²) in [5.74, 6) is 1.96. The van der Waals surface area contributed by atoms with E-state index < -0.39 is 0 Å². The van der Waals surface area contributed by atoms with Crippen LogP contribution in [0.5, 0.6) is 5.75 Å². The van der Waals surface area contributed by atoms with Crippen molar-refractivity contribution < 1.29 is 9.53 Å². The summed E-state index contributed by atoms with van der Waals surface area (Å²) < 4.78 is 5.07. The van der Waals surface area contributed by atoms with Crippen LogP contribution < -0.4 is 15.8 Å². The minimum atomic E-state index is -0.117. The Morgan fingerprint density at radius 3 is 2.61 bits per heavy atom. The van der Waals surface area contributed by atoms with Gasteiger partial charge in [0.25, 0.3) is 5.91 Å². The Morgan fingerprint density at radius 2 is 2.00 bits per heavy atom. The van der Waals surface area contributed by atoms with Gasteiger partial charge in [0.2, 0.25) is 0 Å². The number of methoxy groups -OCH3 is 1. The molecule has 1 aromatic carbocycles. The largest absolute Gasteiger partial charge is 0.497 e. The Labute approximate surface area is 137 Å². The van der Waals surface area contributed by atoms with Crippen LogP contribution in [0, 0.1) is 5.92 Å². The van der Waals surface area contributed by atoms with Crippen LogP contribution in [0.4, 0.5) is 0 Å². The number of amides is 1. The molecule has 1 amide bonds. The predicted molar refractivity (Wildman–Crippen MR) is 91.8 cm³/mol. The summed E-state index contributed by atoms with van der Waals surface area (Å²) in [6, 6.07) is 7.01. The Balaban J connectivity index is 1.73. The highest BCUT2D eigenvalue weighted by Crippen LogP contribution is 2.15. The normalized spacial score (nSPS) is 16.3. The molecule has 0 atom stereocenters. The van der Waals surface area contributed by atoms with Gasteiger partial charge in [0.15, 0.2) is 5.96 Å². The molecule has 126 valence electrons. The molecule has 6 nitrogen and oxygen atoms in total. The second-order valence-corrected chi connectivity index (χ2v) is 5.89. The molecular formula is C17H26N4O2. The summed E-state index contributed by atoms with van der Waals surface area (Å²) in [5, 5.41) is 2.84. The van der Waals surface area contributed by atoms with Crippen molar-refractivity contribution in [2.45, 2.75) is 19.8 Å². The Kier molecular flexibility index (Phi) is 6.26. The van der Waals surface area contributed by atoms with Crippen LogP contribution >= 0.6 is 0 Å². The first-order chi connectivity index (χ1) is 11.1. The van der Waals surface area contributed by atoms with Gasteiger partial charge >= 0.3 is 0 Å². The van der Waals surface area contributed by atoms with E-state index in [2.05, 4.69) is 22.1 Å². The highest BCUT2D eigenvalue weighted by Gasteiger charge is 2.16. The van der Waals surface area contributed by atoms with Crippen molar-refractivity contribution in [2.24, 2.45) is 16.6 Å². The van der Waals surface area contributed by atoms with Gasteiger partial charge in [-0.25, -0.2) is 0 Å². The molecule has 0 aromatic heterocycles. The highest BCUT2D eigenvalue weighted by atomic mass is 16.5. The number of nitrogens with zero attached hydrogens (tertiary/aromatic N) is 2. The summed E-state index contributed by atoms with van der Waals surface area (Å²) in [5.41, 5.74) is 6.61. The van der Waals surface area contributed by atoms with Crippen LogP contribution in [-0.4, -0.2) is 50.1 Å². The number of nitrogens with one attached hydrogen (secondary N) is 1. The number of piperidine rings is 1. The predicted octanol–water partition coefficient (Wildman–Crippen LogP) is 1.47. The first-order valence-electron chi connectivity index (χ1n) is 8.07. The molecular weight excluding hydrogens is 292 g/mol. The lowest BCUT2D eigenvalue weighted by molar-refractivity contribution is 0.0954. The molecule has 23 heavy (non-hydrogen) atoms. The number of benzene rings is 1. The number of likely N-dealkylation sites (tertiary alicyclic amines) is 1. The summed E-state index contributed by atoms with van der Waals surface area (Å²) in [4.78, 5) is 18.5. The third-order valence-electron chi connectivity index (χ3n) is 4.13. The number of ether oxygens (including phenoxy) is 1. The minimum Gasteiger partial charge on any atom is -0.497 e. The third kappa shape index (κ3) is 5.16. The van der Waals surface area contributed by atoms with E-state index in [0.29, 0.717) is 24.6 Å². The first-order valence-corrected chi connectivity index (χ1v) is 8.07. The summed E-state index contributed by atoms with van der Waals surface area (Å²) >= 11 is 0. The molecule has 0 radical (unpaired) electrons. The van der Waals surface area contributed by atoms with Gasteiger partial charge in [-0.15, -0.1) is 0 Å². The highest BCUT2D eigenvalue weighted by molar-refractivity contribution is 5.94. The SMILES string of the molecule is COc1ccc(C(=O)NCCN=C(N)N2CCC(C)CC2)cc1. The molecule has 0 saturated carbocycles. The van der Waals surface area contributed by atoms with E-state index in [1.165, 1.54) is 0 Å². The molecule has 1 aliphatic rings. The van der Waals surface area contributed by atoms with Crippen LogP contribution in [-0.2, 0) is 0 Å². The molecule has 1 saturated heterocycles. The van der Waals surface area contributed by atoms with Crippen molar-refractivity contribution >= 4 is 11.9 Å². The molecule has 0 bridgehead atoms. The van der Waals surface area contributed by atoms with Crippen molar-refractivity contribution in [3.05, 3.63) is 29.8 Å². The Morgan fingerprint density at radius 1 is 1.35 bits per heavy atom. The van der Waals surface area contributed by atoms with E-state index >= 15 is 0 Å². The zero-order chi connectivity index (χ0) is 16.7. The fourth-order valence-corrected chi connectivity index (χ4v) is 2.52. The van der Waals surface area contributed by atoms with Gasteiger partial charge in [0.05, 0.1) is 13.7 Å². The van der Waals surface area contributed by atoms with E-state index in [1.54, 1.807) is 31.4 Å². The van der Waals surface area contributed by atoms with Crippen LogP contribution in [0.1, 0.15) is 30.1 Å². The van der Waals surface area contributed by atoms with Crippen molar-refractivity contribution in [2.75, 3.05) is 33.3 Å². The molecule has 1 aromatic rings. The number of carbonyl (C=O) groups excluding carboxylic acids is 1. The fraction of sp³-hybridized carbons (Fsp3) is 0.529. The Hall–Kier alpha value is -2.24. The van der Waals surface area contributed by atoms with Crippen molar-refractivity contribution in [1.82, 2.24) is 10.2 Å². The topological polar surface area (TPSA) is 79.9 Å². The molecule has 0 aliphatic carbocycles. The van der Waals surface area contributed by atoms with Crippen molar-refractivity contribution in [1.29, 1.82) is 0 Å². The number of guanidine groups is 1. The van der Waals surface area contributed by atoms with E-state index in [9.17, 15) is 4.79 Å². The summed E-state index contributed by atoms with van der Waals surface area (Å²) in [6.07, 6.45) is 2.31. The maximum absolute atomic E-state index is 12.0. The number of hydrogen-bond acceptors (Lipinski definition) is 3. The van der Waals surface area contributed by atoms with Crippen LogP contribution in [0.2, 0.25) is 0 Å². The lowest BCUT2D eigenvalue weighted by Crippen LogP contribution is -2.42. The number of aliphatic imine (C=N–C) groups is 1. The van der Waals surface area contributed by atoms with E-state index in [0.717, 1.165) is 37.6 Å². The standard InChI is InChI=1S/C17H26N4O2/c1-13-7-11-21(12-8-13)17(18)20-10-9-19-16(22)14-3-5-15(23-2)6-4-14/h3-6,13H,7-12H2,1-2H3,(H2,18,20)(H,19,22). The number of rotatable bonds is 5. The zero-order valence-corrected chi connectivity index (χ0v) is 13.9. The smallest absolute Gasteiger partial charge is 0.251 e. The van der Waals surface area contributed by atoms with Crippen LogP contribution in [0.3, 0.4) is 0 Å². The molecule has 3 N–H and O–H groups in total. The van der Waals surface area contributed by atoms with Crippen molar-refractivity contribution in [3.8, 4) is 5.75 Å². The summed E-state index contributed by atoms with van der Waals surface area (Å²) in [6.45, 7) is 5.15. The third-order valence-corrected chi connectivity index (χ3v) is 4.13. The number of nitrogens with two attached hydrogens (primary N) is 1. The second kappa shape index (κ2) is 8.41. The van der Waals surface area contributed by atoms with E-state index in [1.807, 2.05) is 0 Å². The number of hydrogen-bond donors (Lipinski definition) is 2. The lowest BCUT2D eigenvalue weighted by atomic mass is 10.00. The molecule has 2 rings (SSSR count).